The van der Waals surface area contributed by atoms with Gasteiger partial charge in [-0.05, 0) is 24.8 Å². The highest BCUT2D eigenvalue weighted by Crippen LogP contribution is 2.27. The van der Waals surface area contributed by atoms with E-state index in [0.29, 0.717) is 12.3 Å². The lowest BCUT2D eigenvalue weighted by Gasteiger charge is -2.16. The summed E-state index contributed by atoms with van der Waals surface area (Å²) in [6.07, 6.45) is 0.438. The molecule has 0 heterocycles. The van der Waals surface area contributed by atoms with Crippen molar-refractivity contribution in [3.8, 4) is 0 Å². The van der Waals surface area contributed by atoms with Gasteiger partial charge in [0, 0.05) is 5.56 Å². The molecule has 16 heavy (non-hydrogen) atoms. The average Bonchev–Trinajstić information content (AvgIpc) is 2.25. The van der Waals surface area contributed by atoms with E-state index in [-0.39, 0.29) is 11.1 Å². The Hall–Kier alpha value is -0.960. The van der Waals surface area contributed by atoms with Gasteiger partial charge >= 0.3 is 0 Å². The Labute approximate surface area is 95.1 Å². The Balaban J connectivity index is 2.92. The maximum absolute atomic E-state index is 13.5. The Morgan fingerprint density at radius 3 is 2.44 bits per heavy atom. The minimum Gasteiger partial charge on any atom is -0.388 e. The van der Waals surface area contributed by atoms with Crippen molar-refractivity contribution in [3.63, 3.8) is 0 Å². The van der Waals surface area contributed by atoms with Crippen LogP contribution in [0.5, 0.6) is 0 Å². The van der Waals surface area contributed by atoms with E-state index >= 15 is 0 Å². The number of rotatable bonds is 4. The predicted molar refractivity (Wildman–Crippen MR) is 60.1 cm³/mol. The molecule has 3 heteroatoms. The highest BCUT2D eigenvalue weighted by molar-refractivity contribution is 5.27. The van der Waals surface area contributed by atoms with Gasteiger partial charge in [-0.25, -0.2) is 8.78 Å². The molecule has 90 valence electrons. The molecule has 0 amide bonds. The molecule has 1 aromatic rings. The first-order valence-electron chi connectivity index (χ1n) is 5.59. The van der Waals surface area contributed by atoms with Crippen LogP contribution in [0.2, 0.25) is 0 Å². The average molecular weight is 228 g/mol. The Morgan fingerprint density at radius 1 is 1.25 bits per heavy atom. The third kappa shape index (κ3) is 2.79. The molecule has 1 rings (SSSR count). The summed E-state index contributed by atoms with van der Waals surface area (Å²) < 4.78 is 26.8. The van der Waals surface area contributed by atoms with Crippen LogP contribution in [0.3, 0.4) is 0 Å². The lowest BCUT2D eigenvalue weighted by Crippen LogP contribution is -2.07. The zero-order valence-electron chi connectivity index (χ0n) is 9.93. The van der Waals surface area contributed by atoms with Gasteiger partial charge in [-0.15, -0.1) is 0 Å². The molecule has 0 spiro atoms. The Kier molecular flexibility index (Phi) is 4.42. The lowest BCUT2D eigenvalue weighted by molar-refractivity contribution is 0.141. The highest BCUT2D eigenvalue weighted by Gasteiger charge is 2.18. The van der Waals surface area contributed by atoms with Gasteiger partial charge in [-0.3, -0.25) is 0 Å². The van der Waals surface area contributed by atoms with Gasteiger partial charge in [0.25, 0.3) is 0 Å². The second-order valence-corrected chi connectivity index (χ2v) is 4.36. The Morgan fingerprint density at radius 2 is 1.88 bits per heavy atom. The van der Waals surface area contributed by atoms with Crippen LogP contribution in [-0.4, -0.2) is 5.11 Å². The number of aliphatic hydroxyl groups excluding tert-OH is 1. The maximum Gasteiger partial charge on any atom is 0.164 e. The summed E-state index contributed by atoms with van der Waals surface area (Å²) in [7, 11) is 0. The van der Waals surface area contributed by atoms with Crippen LogP contribution in [-0.2, 0) is 0 Å². The number of hydrogen-bond acceptors (Lipinski definition) is 1. The summed E-state index contributed by atoms with van der Waals surface area (Å²) in [5, 5.41) is 9.81. The second kappa shape index (κ2) is 5.39. The fraction of sp³-hybridized carbons (Fsp3) is 0.538. The van der Waals surface area contributed by atoms with Gasteiger partial charge in [0.1, 0.15) is 0 Å². The smallest absolute Gasteiger partial charge is 0.164 e. The molecule has 2 unspecified atom stereocenters. The monoisotopic (exact) mass is 228 g/mol. The molecular weight excluding hydrogens is 210 g/mol. The lowest BCUT2D eigenvalue weighted by atomic mass is 9.95. The molecule has 0 radical (unpaired) electrons. The minimum atomic E-state index is -0.926. The summed E-state index contributed by atoms with van der Waals surface area (Å²) in [4.78, 5) is 0. The van der Waals surface area contributed by atoms with Crippen LogP contribution in [0.15, 0.2) is 12.1 Å². The largest absolute Gasteiger partial charge is 0.388 e. The summed E-state index contributed by atoms with van der Waals surface area (Å²) in [5.41, 5.74) is 0.320. The van der Waals surface area contributed by atoms with E-state index in [9.17, 15) is 13.9 Å². The molecule has 1 nitrogen and oxygen atoms in total. The number of halogens is 2. The molecule has 0 aliphatic heterocycles. The van der Waals surface area contributed by atoms with Crippen molar-refractivity contribution in [2.75, 3.05) is 0 Å². The third-order valence-corrected chi connectivity index (χ3v) is 2.99. The quantitative estimate of drug-likeness (QED) is 0.832. The molecule has 0 fully saturated rings. The van der Waals surface area contributed by atoms with E-state index in [1.54, 1.807) is 0 Å². The molecular formula is C13H18F2O. The molecule has 2 atom stereocenters. The van der Waals surface area contributed by atoms with Crippen LogP contribution >= 0.6 is 0 Å². The number of benzene rings is 1. The van der Waals surface area contributed by atoms with E-state index in [1.807, 2.05) is 13.8 Å². The summed E-state index contributed by atoms with van der Waals surface area (Å²) >= 11 is 0. The van der Waals surface area contributed by atoms with E-state index in [0.717, 1.165) is 6.42 Å². The first kappa shape index (κ1) is 13.1. The SMILES string of the molecule is CCC(C)CC(O)c1ccc(C)c(F)c1F. The second-order valence-electron chi connectivity index (χ2n) is 4.36. The molecule has 0 aliphatic carbocycles. The van der Waals surface area contributed by atoms with Crippen molar-refractivity contribution < 1.29 is 13.9 Å². The molecule has 0 saturated heterocycles. The number of aliphatic hydroxyl groups is 1. The summed E-state index contributed by atoms with van der Waals surface area (Å²) in [6.45, 7) is 5.48. The Bertz CT molecular complexity index is 363. The molecule has 0 aromatic heterocycles. The van der Waals surface area contributed by atoms with Crippen molar-refractivity contribution in [1.82, 2.24) is 0 Å². The van der Waals surface area contributed by atoms with E-state index in [2.05, 4.69) is 0 Å². The number of aryl methyl sites for hydroxylation is 1. The highest BCUT2D eigenvalue weighted by atomic mass is 19.2. The van der Waals surface area contributed by atoms with Crippen molar-refractivity contribution >= 4 is 0 Å². The molecule has 0 saturated carbocycles. The van der Waals surface area contributed by atoms with Gasteiger partial charge in [0.15, 0.2) is 11.6 Å². The molecule has 0 aliphatic rings. The van der Waals surface area contributed by atoms with Gasteiger partial charge in [-0.1, -0.05) is 32.4 Å². The molecule has 1 aromatic carbocycles. The normalized spacial score (nSPS) is 14.9. The minimum absolute atomic E-state index is 0.0587. The predicted octanol–water partition coefficient (Wildman–Crippen LogP) is 3.74. The van der Waals surface area contributed by atoms with E-state index < -0.39 is 17.7 Å². The topological polar surface area (TPSA) is 20.2 Å². The first-order valence-corrected chi connectivity index (χ1v) is 5.59. The standard InChI is InChI=1S/C13H18F2O/c1-4-8(2)7-11(16)10-6-5-9(3)12(14)13(10)15/h5-6,8,11,16H,4,7H2,1-3H3. The van der Waals surface area contributed by atoms with Crippen LogP contribution in [0, 0.1) is 24.5 Å². The van der Waals surface area contributed by atoms with Crippen molar-refractivity contribution in [1.29, 1.82) is 0 Å². The zero-order valence-corrected chi connectivity index (χ0v) is 9.93. The van der Waals surface area contributed by atoms with Crippen LogP contribution in [0.4, 0.5) is 8.78 Å². The third-order valence-electron chi connectivity index (χ3n) is 2.99. The fourth-order valence-electron chi connectivity index (χ4n) is 1.59. The molecule has 0 bridgehead atoms. The van der Waals surface area contributed by atoms with Gasteiger partial charge in [0.2, 0.25) is 0 Å². The van der Waals surface area contributed by atoms with Gasteiger partial charge in [-0.2, -0.15) is 0 Å². The van der Waals surface area contributed by atoms with Gasteiger partial charge < -0.3 is 5.11 Å². The van der Waals surface area contributed by atoms with E-state index in [1.165, 1.54) is 19.1 Å². The van der Waals surface area contributed by atoms with E-state index in [4.69, 9.17) is 0 Å². The first-order chi connectivity index (χ1) is 7.47. The summed E-state index contributed by atoms with van der Waals surface area (Å²) in [5.74, 6) is -1.49. The van der Waals surface area contributed by atoms with Crippen LogP contribution in [0.25, 0.3) is 0 Å². The zero-order chi connectivity index (χ0) is 12.3. The van der Waals surface area contributed by atoms with Crippen LogP contribution < -0.4 is 0 Å². The van der Waals surface area contributed by atoms with Crippen molar-refractivity contribution in [2.24, 2.45) is 5.92 Å². The maximum atomic E-state index is 13.5. The molecule has 1 N–H and O–H groups in total. The van der Waals surface area contributed by atoms with Gasteiger partial charge in [0.05, 0.1) is 6.10 Å². The fourth-order valence-corrected chi connectivity index (χ4v) is 1.59. The van der Waals surface area contributed by atoms with Crippen LogP contribution in [0.1, 0.15) is 43.9 Å². The van der Waals surface area contributed by atoms with Crippen molar-refractivity contribution in [3.05, 3.63) is 34.9 Å². The number of hydrogen-bond donors (Lipinski definition) is 1. The van der Waals surface area contributed by atoms with Crippen molar-refractivity contribution in [2.45, 2.75) is 39.7 Å². The summed E-state index contributed by atoms with van der Waals surface area (Å²) in [6, 6.07) is 2.95.